The van der Waals surface area contributed by atoms with E-state index in [-0.39, 0.29) is 23.8 Å². The molecule has 1 aromatic carbocycles. The van der Waals surface area contributed by atoms with Gasteiger partial charge in [0.1, 0.15) is 6.10 Å². The number of carbonyl (C=O) groups excluding carboxylic acids is 1. The number of amides is 1. The lowest BCUT2D eigenvalue weighted by Gasteiger charge is -2.13. The Morgan fingerprint density at radius 2 is 2.10 bits per heavy atom. The minimum Gasteiger partial charge on any atom is -0.370 e. The van der Waals surface area contributed by atoms with Crippen LogP contribution in [0.4, 0.5) is 5.69 Å². The molecule has 0 aliphatic rings. The number of nitrogens with two attached hydrogens (primary N) is 1. The van der Waals surface area contributed by atoms with E-state index in [1.807, 2.05) is 0 Å². The van der Waals surface area contributed by atoms with Crippen molar-refractivity contribution in [3.63, 3.8) is 0 Å². The van der Waals surface area contributed by atoms with E-state index in [2.05, 4.69) is 10.0 Å². The van der Waals surface area contributed by atoms with Gasteiger partial charge in [-0.05, 0) is 25.2 Å². The van der Waals surface area contributed by atoms with Crippen LogP contribution in [0.25, 0.3) is 0 Å². The van der Waals surface area contributed by atoms with Gasteiger partial charge in [-0.15, -0.1) is 12.4 Å². The van der Waals surface area contributed by atoms with Crippen LogP contribution in [0, 0.1) is 0 Å². The monoisotopic (exact) mass is 323 g/mol. The highest BCUT2D eigenvalue weighted by atomic mass is 35.5. The first kappa shape index (κ1) is 18.8. The summed E-state index contributed by atoms with van der Waals surface area (Å²) in [6.07, 6.45) is -0.774. The minimum absolute atomic E-state index is 0. The highest BCUT2D eigenvalue weighted by Crippen LogP contribution is 2.15. The number of rotatable bonds is 6. The lowest BCUT2D eigenvalue weighted by Crippen LogP contribution is -2.35. The standard InChI is InChI=1S/C11H17N3O4S.ClH/c1-13-19(16,17)9-5-3-4-8(6-9)14-11(15)10(7-12)18-2;/h3-6,10,13H,7,12H2,1-2H3,(H,14,15);1H. The SMILES string of the molecule is CNS(=O)(=O)c1cccc(NC(=O)C(CN)OC)c1.Cl. The van der Waals surface area contributed by atoms with Crippen molar-refractivity contribution in [2.75, 3.05) is 26.0 Å². The molecular weight excluding hydrogens is 306 g/mol. The molecular formula is C11H18ClN3O4S. The second-order valence-electron chi connectivity index (χ2n) is 3.68. The molecule has 0 heterocycles. The van der Waals surface area contributed by atoms with Gasteiger partial charge in [0.25, 0.3) is 5.91 Å². The molecule has 0 fully saturated rings. The van der Waals surface area contributed by atoms with Crippen LogP contribution in [-0.2, 0) is 19.6 Å². The van der Waals surface area contributed by atoms with Gasteiger partial charge in [0.2, 0.25) is 10.0 Å². The van der Waals surface area contributed by atoms with Gasteiger partial charge in [0, 0.05) is 19.3 Å². The van der Waals surface area contributed by atoms with E-state index < -0.39 is 22.0 Å². The number of anilines is 1. The van der Waals surface area contributed by atoms with Gasteiger partial charge < -0.3 is 15.8 Å². The maximum atomic E-state index is 11.7. The summed E-state index contributed by atoms with van der Waals surface area (Å²) in [5.74, 6) is -0.427. The minimum atomic E-state index is -3.55. The third kappa shape index (κ3) is 4.73. The zero-order valence-corrected chi connectivity index (χ0v) is 12.8. The van der Waals surface area contributed by atoms with E-state index in [9.17, 15) is 13.2 Å². The first-order valence-corrected chi connectivity index (χ1v) is 7.00. The highest BCUT2D eigenvalue weighted by molar-refractivity contribution is 7.89. The number of ether oxygens (including phenoxy) is 1. The second kappa shape index (κ2) is 8.18. The fraction of sp³-hybridized carbons (Fsp3) is 0.364. The average molecular weight is 324 g/mol. The number of carbonyl (C=O) groups is 1. The lowest BCUT2D eigenvalue weighted by molar-refractivity contribution is -0.125. The Labute approximate surface area is 124 Å². The molecule has 1 amide bonds. The number of hydrogen-bond donors (Lipinski definition) is 3. The van der Waals surface area contributed by atoms with Crippen LogP contribution < -0.4 is 15.8 Å². The number of halogens is 1. The third-order valence-corrected chi connectivity index (χ3v) is 3.88. The molecule has 0 radical (unpaired) electrons. The molecule has 1 rings (SSSR count). The van der Waals surface area contributed by atoms with E-state index in [1.165, 1.54) is 32.4 Å². The Morgan fingerprint density at radius 3 is 2.60 bits per heavy atom. The predicted molar refractivity (Wildman–Crippen MR) is 78.4 cm³/mol. The zero-order valence-electron chi connectivity index (χ0n) is 11.1. The quantitative estimate of drug-likeness (QED) is 0.678. The van der Waals surface area contributed by atoms with E-state index in [0.717, 1.165) is 0 Å². The third-order valence-electron chi connectivity index (χ3n) is 2.47. The van der Waals surface area contributed by atoms with Crippen molar-refractivity contribution >= 4 is 34.0 Å². The molecule has 1 atom stereocenters. The molecule has 0 saturated heterocycles. The first-order chi connectivity index (χ1) is 8.94. The molecule has 0 saturated carbocycles. The van der Waals surface area contributed by atoms with Crippen LogP contribution in [0.15, 0.2) is 29.2 Å². The van der Waals surface area contributed by atoms with E-state index in [1.54, 1.807) is 6.07 Å². The summed E-state index contributed by atoms with van der Waals surface area (Å²) in [7, 11) is -0.856. The largest absolute Gasteiger partial charge is 0.370 e. The summed E-state index contributed by atoms with van der Waals surface area (Å²) in [6, 6.07) is 5.89. The van der Waals surface area contributed by atoms with Crippen molar-refractivity contribution in [1.82, 2.24) is 4.72 Å². The Morgan fingerprint density at radius 1 is 1.45 bits per heavy atom. The fourth-order valence-corrected chi connectivity index (χ4v) is 2.17. The highest BCUT2D eigenvalue weighted by Gasteiger charge is 2.17. The van der Waals surface area contributed by atoms with Crippen LogP contribution in [0.1, 0.15) is 0 Å². The van der Waals surface area contributed by atoms with Gasteiger partial charge in [-0.25, -0.2) is 13.1 Å². The Kier molecular flexibility index (Phi) is 7.69. The number of methoxy groups -OCH3 is 1. The number of nitrogens with one attached hydrogen (secondary N) is 2. The molecule has 0 spiro atoms. The average Bonchev–Trinajstić information content (AvgIpc) is 2.40. The van der Waals surface area contributed by atoms with Crippen molar-refractivity contribution in [2.45, 2.75) is 11.0 Å². The van der Waals surface area contributed by atoms with Crippen molar-refractivity contribution in [1.29, 1.82) is 0 Å². The van der Waals surface area contributed by atoms with Crippen LogP contribution in [0.5, 0.6) is 0 Å². The summed E-state index contributed by atoms with van der Waals surface area (Å²) in [5, 5.41) is 2.54. The number of hydrogen-bond acceptors (Lipinski definition) is 5. The number of benzene rings is 1. The zero-order chi connectivity index (χ0) is 14.5. The molecule has 0 bridgehead atoms. The van der Waals surface area contributed by atoms with Crippen LogP contribution in [0.3, 0.4) is 0 Å². The first-order valence-electron chi connectivity index (χ1n) is 5.52. The molecule has 0 aliphatic heterocycles. The van der Waals surface area contributed by atoms with Gasteiger partial charge in [-0.1, -0.05) is 6.07 Å². The predicted octanol–water partition coefficient (Wildman–Crippen LogP) is -0.0713. The normalized spacial score (nSPS) is 12.3. The van der Waals surface area contributed by atoms with Crippen molar-refractivity contribution in [3.8, 4) is 0 Å². The summed E-state index contributed by atoms with van der Waals surface area (Å²) in [5.41, 5.74) is 5.72. The van der Waals surface area contributed by atoms with Crippen molar-refractivity contribution < 1.29 is 17.9 Å². The fourth-order valence-electron chi connectivity index (χ4n) is 1.39. The summed E-state index contributed by atoms with van der Waals surface area (Å²) < 4.78 is 30.3. The Balaban J connectivity index is 0.00000361. The van der Waals surface area contributed by atoms with Crippen molar-refractivity contribution in [3.05, 3.63) is 24.3 Å². The smallest absolute Gasteiger partial charge is 0.254 e. The molecule has 9 heteroatoms. The summed E-state index contributed by atoms with van der Waals surface area (Å²) >= 11 is 0. The Hall–Kier alpha value is -1.19. The molecule has 4 N–H and O–H groups in total. The lowest BCUT2D eigenvalue weighted by atomic mass is 10.3. The topological polar surface area (TPSA) is 111 Å². The van der Waals surface area contributed by atoms with Crippen LogP contribution >= 0.6 is 12.4 Å². The maximum Gasteiger partial charge on any atom is 0.254 e. The summed E-state index contributed by atoms with van der Waals surface area (Å²) in [4.78, 5) is 11.8. The molecule has 1 unspecified atom stereocenters. The summed E-state index contributed by atoms with van der Waals surface area (Å²) in [6.45, 7) is 0.0385. The van der Waals surface area contributed by atoms with Crippen molar-refractivity contribution in [2.24, 2.45) is 5.73 Å². The van der Waals surface area contributed by atoms with Gasteiger partial charge in [0.15, 0.2) is 0 Å². The van der Waals surface area contributed by atoms with Crippen LogP contribution in [-0.4, -0.2) is 41.1 Å². The molecule has 0 aliphatic carbocycles. The molecule has 20 heavy (non-hydrogen) atoms. The van der Waals surface area contributed by atoms with Crippen LogP contribution in [0.2, 0.25) is 0 Å². The Bertz CT molecular complexity index is 546. The van der Waals surface area contributed by atoms with E-state index in [0.29, 0.717) is 5.69 Å². The van der Waals surface area contributed by atoms with E-state index in [4.69, 9.17) is 10.5 Å². The van der Waals surface area contributed by atoms with Gasteiger partial charge in [-0.2, -0.15) is 0 Å². The van der Waals surface area contributed by atoms with Gasteiger partial charge in [0.05, 0.1) is 4.90 Å². The van der Waals surface area contributed by atoms with E-state index >= 15 is 0 Å². The molecule has 7 nitrogen and oxygen atoms in total. The maximum absolute atomic E-state index is 11.7. The van der Waals surface area contributed by atoms with Gasteiger partial charge >= 0.3 is 0 Å². The number of sulfonamides is 1. The molecule has 1 aromatic rings. The van der Waals surface area contributed by atoms with Gasteiger partial charge in [-0.3, -0.25) is 4.79 Å². The second-order valence-corrected chi connectivity index (χ2v) is 5.57. The molecule has 114 valence electrons. The molecule has 0 aromatic heterocycles.